The van der Waals surface area contributed by atoms with Crippen LogP contribution in [-0.2, 0) is 11.2 Å². The average molecular weight is 453 g/mol. The standard InChI is InChI=1S/C24H22ClFN4O2/c1-13-16(5-3-9-28-13)22(23(27)31)30(24(32)17-6-4-10-29-14(17)2)21-8-7-18-19(21)11-15(25)12-20(18)26/h3-6,9-12,21-22H,7-8H2,1-2H3,(H2,27,31)/t21-,22-/m1/s1. The lowest BCUT2D eigenvalue weighted by Gasteiger charge is -2.36. The molecule has 32 heavy (non-hydrogen) atoms. The van der Waals surface area contributed by atoms with Crippen LogP contribution in [0.1, 0.15) is 56.9 Å². The van der Waals surface area contributed by atoms with E-state index in [1.54, 1.807) is 56.6 Å². The molecule has 1 aromatic carbocycles. The fourth-order valence-electron chi connectivity index (χ4n) is 4.42. The Morgan fingerprint density at radius 2 is 1.84 bits per heavy atom. The number of carbonyl (C=O) groups excluding carboxylic acids is 2. The van der Waals surface area contributed by atoms with E-state index in [1.807, 2.05) is 0 Å². The number of pyridine rings is 2. The van der Waals surface area contributed by atoms with Crippen LogP contribution in [0.2, 0.25) is 5.02 Å². The van der Waals surface area contributed by atoms with Gasteiger partial charge in [0.1, 0.15) is 11.9 Å². The van der Waals surface area contributed by atoms with Crippen LogP contribution in [0.15, 0.2) is 48.8 Å². The molecule has 0 bridgehead atoms. The molecule has 6 nitrogen and oxygen atoms in total. The van der Waals surface area contributed by atoms with E-state index < -0.39 is 29.7 Å². The number of rotatable bonds is 5. The predicted molar refractivity (Wildman–Crippen MR) is 119 cm³/mol. The number of benzene rings is 1. The van der Waals surface area contributed by atoms with Crippen molar-refractivity contribution in [2.45, 2.75) is 38.8 Å². The number of hydrogen-bond acceptors (Lipinski definition) is 4. The first-order valence-corrected chi connectivity index (χ1v) is 10.6. The number of hydrogen-bond donors (Lipinski definition) is 1. The van der Waals surface area contributed by atoms with Gasteiger partial charge in [-0.3, -0.25) is 19.6 Å². The molecule has 0 saturated carbocycles. The molecular weight excluding hydrogens is 431 g/mol. The number of fused-ring (bicyclic) bond motifs is 1. The number of carbonyl (C=O) groups is 2. The number of aromatic nitrogens is 2. The molecular formula is C24H22ClFN4O2. The van der Waals surface area contributed by atoms with Gasteiger partial charge in [-0.05, 0) is 68.1 Å². The van der Waals surface area contributed by atoms with Gasteiger partial charge in [0.15, 0.2) is 0 Å². The zero-order chi connectivity index (χ0) is 23.0. The van der Waals surface area contributed by atoms with Crippen LogP contribution in [0, 0.1) is 19.7 Å². The van der Waals surface area contributed by atoms with Gasteiger partial charge in [0, 0.05) is 34.4 Å². The summed E-state index contributed by atoms with van der Waals surface area (Å²) >= 11 is 6.15. The molecule has 0 unspecified atom stereocenters. The minimum atomic E-state index is -1.10. The number of halogens is 2. The molecule has 0 radical (unpaired) electrons. The summed E-state index contributed by atoms with van der Waals surface area (Å²) in [5, 5.41) is 0.228. The highest BCUT2D eigenvalue weighted by Crippen LogP contribution is 2.43. The molecule has 2 N–H and O–H groups in total. The molecule has 0 aliphatic heterocycles. The Labute approximate surface area is 190 Å². The third-order valence-corrected chi connectivity index (χ3v) is 6.14. The summed E-state index contributed by atoms with van der Waals surface area (Å²) < 4.78 is 14.6. The Morgan fingerprint density at radius 3 is 2.50 bits per heavy atom. The van der Waals surface area contributed by atoms with Crippen LogP contribution in [0.5, 0.6) is 0 Å². The van der Waals surface area contributed by atoms with Crippen molar-refractivity contribution in [2.75, 3.05) is 0 Å². The monoisotopic (exact) mass is 452 g/mol. The van der Waals surface area contributed by atoms with Gasteiger partial charge in [0.25, 0.3) is 5.91 Å². The third-order valence-electron chi connectivity index (χ3n) is 5.92. The van der Waals surface area contributed by atoms with Gasteiger partial charge in [0.2, 0.25) is 5.91 Å². The lowest BCUT2D eigenvalue weighted by atomic mass is 9.97. The molecule has 0 fully saturated rings. The van der Waals surface area contributed by atoms with E-state index in [0.29, 0.717) is 46.5 Å². The second kappa shape index (κ2) is 8.67. The number of nitrogens with zero attached hydrogens (tertiary/aromatic N) is 3. The Hall–Kier alpha value is -3.32. The van der Waals surface area contributed by atoms with Crippen molar-refractivity contribution in [3.8, 4) is 0 Å². The van der Waals surface area contributed by atoms with Crippen LogP contribution in [-0.4, -0.2) is 26.7 Å². The van der Waals surface area contributed by atoms with Crippen LogP contribution < -0.4 is 5.73 Å². The fraction of sp³-hybridized carbons (Fsp3) is 0.250. The van der Waals surface area contributed by atoms with Gasteiger partial charge in [-0.2, -0.15) is 0 Å². The van der Waals surface area contributed by atoms with E-state index in [9.17, 15) is 14.0 Å². The quantitative estimate of drug-likeness (QED) is 0.627. The molecule has 1 aliphatic rings. The summed E-state index contributed by atoms with van der Waals surface area (Å²) in [5.41, 5.74) is 8.89. The van der Waals surface area contributed by atoms with E-state index in [2.05, 4.69) is 9.97 Å². The second-order valence-corrected chi connectivity index (χ2v) is 8.28. The molecule has 3 aromatic rings. The fourth-order valence-corrected chi connectivity index (χ4v) is 4.64. The number of nitrogens with two attached hydrogens (primary N) is 1. The topological polar surface area (TPSA) is 89.2 Å². The van der Waals surface area contributed by atoms with Crippen molar-refractivity contribution in [3.05, 3.63) is 93.3 Å². The highest BCUT2D eigenvalue weighted by molar-refractivity contribution is 6.30. The van der Waals surface area contributed by atoms with Gasteiger partial charge in [-0.1, -0.05) is 17.7 Å². The first-order valence-electron chi connectivity index (χ1n) is 10.2. The molecule has 2 heterocycles. The lowest BCUT2D eigenvalue weighted by Crippen LogP contribution is -2.44. The minimum absolute atomic E-state index is 0.228. The summed E-state index contributed by atoms with van der Waals surface area (Å²) in [7, 11) is 0. The number of amides is 2. The Bertz CT molecular complexity index is 1220. The van der Waals surface area contributed by atoms with E-state index in [1.165, 1.54) is 11.0 Å². The van der Waals surface area contributed by atoms with Crippen LogP contribution in [0.4, 0.5) is 4.39 Å². The maximum Gasteiger partial charge on any atom is 0.257 e. The first-order chi connectivity index (χ1) is 15.3. The summed E-state index contributed by atoms with van der Waals surface area (Å²) in [5.74, 6) is -1.54. The molecule has 8 heteroatoms. The van der Waals surface area contributed by atoms with Crippen LogP contribution in [0.25, 0.3) is 0 Å². The molecule has 164 valence electrons. The second-order valence-electron chi connectivity index (χ2n) is 7.84. The molecule has 0 spiro atoms. The smallest absolute Gasteiger partial charge is 0.257 e. The van der Waals surface area contributed by atoms with Crippen LogP contribution >= 0.6 is 11.6 Å². The van der Waals surface area contributed by atoms with Gasteiger partial charge < -0.3 is 10.6 Å². The van der Waals surface area contributed by atoms with Crippen molar-refractivity contribution in [1.29, 1.82) is 0 Å². The van der Waals surface area contributed by atoms with E-state index in [0.717, 1.165) is 0 Å². The van der Waals surface area contributed by atoms with Crippen molar-refractivity contribution < 1.29 is 14.0 Å². The molecule has 2 amide bonds. The Balaban J connectivity index is 1.93. The van der Waals surface area contributed by atoms with Crippen molar-refractivity contribution >= 4 is 23.4 Å². The van der Waals surface area contributed by atoms with Crippen molar-refractivity contribution in [1.82, 2.24) is 14.9 Å². The Kier molecular flexibility index (Phi) is 5.93. The van der Waals surface area contributed by atoms with Gasteiger partial charge in [0.05, 0.1) is 11.6 Å². The Morgan fingerprint density at radius 1 is 1.16 bits per heavy atom. The third kappa shape index (κ3) is 3.84. The highest BCUT2D eigenvalue weighted by Gasteiger charge is 2.41. The maximum atomic E-state index is 14.6. The summed E-state index contributed by atoms with van der Waals surface area (Å²) in [4.78, 5) is 36.6. The molecule has 2 atom stereocenters. The van der Waals surface area contributed by atoms with E-state index in [-0.39, 0.29) is 5.02 Å². The van der Waals surface area contributed by atoms with Crippen molar-refractivity contribution in [2.24, 2.45) is 5.73 Å². The lowest BCUT2D eigenvalue weighted by molar-refractivity contribution is -0.123. The largest absolute Gasteiger partial charge is 0.368 e. The SMILES string of the molecule is Cc1ncccc1C(=O)N([C@@H]1CCc2c(F)cc(Cl)cc21)[C@@H](C(N)=O)c1cccnc1C. The summed E-state index contributed by atoms with van der Waals surface area (Å²) in [6.45, 7) is 3.47. The highest BCUT2D eigenvalue weighted by atomic mass is 35.5. The molecule has 2 aromatic heterocycles. The van der Waals surface area contributed by atoms with E-state index >= 15 is 0 Å². The van der Waals surface area contributed by atoms with Gasteiger partial charge in [-0.15, -0.1) is 0 Å². The summed E-state index contributed by atoms with van der Waals surface area (Å²) in [6.07, 6.45) is 4.04. The van der Waals surface area contributed by atoms with E-state index in [4.69, 9.17) is 17.3 Å². The zero-order valence-electron chi connectivity index (χ0n) is 17.7. The van der Waals surface area contributed by atoms with Crippen molar-refractivity contribution in [3.63, 3.8) is 0 Å². The number of aryl methyl sites for hydroxylation is 2. The van der Waals surface area contributed by atoms with Crippen LogP contribution in [0.3, 0.4) is 0 Å². The molecule has 1 aliphatic carbocycles. The first kappa shape index (κ1) is 21.9. The molecule has 0 saturated heterocycles. The van der Waals surface area contributed by atoms with Gasteiger partial charge in [-0.25, -0.2) is 4.39 Å². The normalized spacial score (nSPS) is 15.8. The molecule has 4 rings (SSSR count). The predicted octanol–water partition coefficient (Wildman–Crippen LogP) is 4.24. The number of primary amides is 1. The van der Waals surface area contributed by atoms with Gasteiger partial charge >= 0.3 is 0 Å². The average Bonchev–Trinajstić information content (AvgIpc) is 3.16. The zero-order valence-corrected chi connectivity index (χ0v) is 18.4. The minimum Gasteiger partial charge on any atom is -0.368 e. The summed E-state index contributed by atoms with van der Waals surface area (Å²) in [6, 6.07) is 7.94. The maximum absolute atomic E-state index is 14.6.